The fourth-order valence-corrected chi connectivity index (χ4v) is 2.09. The third-order valence-corrected chi connectivity index (χ3v) is 3.63. The van der Waals surface area contributed by atoms with Crippen LogP contribution < -0.4 is 16.4 Å². The predicted octanol–water partition coefficient (Wildman–Crippen LogP) is 2.40. The second kappa shape index (κ2) is 7.11. The molecule has 4 N–H and O–H groups in total. The average Bonchev–Trinajstić information content (AvgIpc) is 2.37. The summed E-state index contributed by atoms with van der Waals surface area (Å²) in [7, 11) is 0. The number of primary amides is 1. The second-order valence-corrected chi connectivity index (χ2v) is 5.91. The van der Waals surface area contributed by atoms with Crippen molar-refractivity contribution in [1.29, 1.82) is 0 Å². The number of urea groups is 1. The molecule has 1 unspecified atom stereocenters. The fourth-order valence-electron chi connectivity index (χ4n) is 2.09. The lowest BCUT2D eigenvalue weighted by molar-refractivity contribution is -0.123. The summed E-state index contributed by atoms with van der Waals surface area (Å²) >= 11 is 0. The van der Waals surface area contributed by atoms with Gasteiger partial charge in [0.15, 0.2) is 0 Å². The van der Waals surface area contributed by atoms with Crippen LogP contribution in [0.5, 0.6) is 0 Å². The first-order valence-electron chi connectivity index (χ1n) is 7.17. The van der Waals surface area contributed by atoms with Gasteiger partial charge in [-0.1, -0.05) is 31.2 Å². The Morgan fingerprint density at radius 1 is 1.29 bits per heavy atom. The van der Waals surface area contributed by atoms with Crippen molar-refractivity contribution in [2.24, 2.45) is 5.73 Å². The van der Waals surface area contributed by atoms with Crippen molar-refractivity contribution in [2.75, 3.05) is 0 Å². The molecule has 1 aromatic rings. The van der Waals surface area contributed by atoms with Gasteiger partial charge in [0.1, 0.15) is 0 Å². The molecule has 5 heteroatoms. The van der Waals surface area contributed by atoms with Crippen molar-refractivity contribution in [3.05, 3.63) is 35.4 Å². The first-order valence-corrected chi connectivity index (χ1v) is 7.17. The third kappa shape index (κ3) is 5.45. The van der Waals surface area contributed by atoms with Crippen LogP contribution >= 0.6 is 0 Å². The number of benzene rings is 1. The molecule has 0 radical (unpaired) electrons. The van der Waals surface area contributed by atoms with Gasteiger partial charge in [-0.15, -0.1) is 0 Å². The van der Waals surface area contributed by atoms with E-state index in [2.05, 4.69) is 10.6 Å². The average molecular weight is 291 g/mol. The summed E-state index contributed by atoms with van der Waals surface area (Å²) < 4.78 is 0. The van der Waals surface area contributed by atoms with Gasteiger partial charge in [0.2, 0.25) is 5.91 Å². The van der Waals surface area contributed by atoms with Gasteiger partial charge in [0, 0.05) is 5.54 Å². The van der Waals surface area contributed by atoms with Crippen molar-refractivity contribution >= 4 is 11.9 Å². The maximum absolute atomic E-state index is 12.2. The Morgan fingerprint density at radius 2 is 1.90 bits per heavy atom. The number of carbonyl (C=O) groups excluding carboxylic acids is 2. The molecule has 0 aliphatic carbocycles. The van der Waals surface area contributed by atoms with Crippen molar-refractivity contribution < 1.29 is 9.59 Å². The summed E-state index contributed by atoms with van der Waals surface area (Å²) in [5, 5.41) is 5.62. The molecule has 21 heavy (non-hydrogen) atoms. The second-order valence-electron chi connectivity index (χ2n) is 5.91. The number of nitrogens with two attached hydrogens (primary N) is 1. The number of nitrogens with one attached hydrogen (secondary N) is 2. The van der Waals surface area contributed by atoms with Gasteiger partial charge in [-0.25, -0.2) is 4.79 Å². The van der Waals surface area contributed by atoms with E-state index in [1.807, 2.05) is 52.0 Å². The van der Waals surface area contributed by atoms with E-state index in [4.69, 9.17) is 5.73 Å². The van der Waals surface area contributed by atoms with Crippen LogP contribution in [0, 0.1) is 6.92 Å². The van der Waals surface area contributed by atoms with Crippen LogP contribution in [-0.4, -0.2) is 17.5 Å². The number of carbonyl (C=O) groups is 2. The fraction of sp³-hybridized carbons (Fsp3) is 0.500. The molecule has 0 heterocycles. The van der Waals surface area contributed by atoms with Crippen LogP contribution in [0.25, 0.3) is 0 Å². The summed E-state index contributed by atoms with van der Waals surface area (Å²) in [6.45, 7) is 7.89. The molecule has 0 aliphatic rings. The van der Waals surface area contributed by atoms with Gasteiger partial charge in [-0.3, -0.25) is 4.79 Å². The molecule has 5 nitrogen and oxygen atoms in total. The molecule has 0 bridgehead atoms. The Morgan fingerprint density at radius 3 is 2.43 bits per heavy atom. The maximum Gasteiger partial charge on any atom is 0.312 e. The molecule has 3 amide bonds. The molecular weight excluding hydrogens is 266 g/mol. The van der Waals surface area contributed by atoms with Crippen molar-refractivity contribution in [3.8, 4) is 0 Å². The van der Waals surface area contributed by atoms with Crippen molar-refractivity contribution in [3.63, 3.8) is 0 Å². The van der Waals surface area contributed by atoms with Gasteiger partial charge in [0.05, 0.1) is 12.5 Å². The quantitative estimate of drug-likeness (QED) is 0.752. The van der Waals surface area contributed by atoms with Crippen LogP contribution in [0.4, 0.5) is 4.79 Å². The van der Waals surface area contributed by atoms with E-state index in [1.165, 1.54) is 0 Å². The molecule has 1 rings (SSSR count). The number of hydrogen-bond acceptors (Lipinski definition) is 2. The summed E-state index contributed by atoms with van der Waals surface area (Å²) in [5.74, 6) is -0.108. The highest BCUT2D eigenvalue weighted by Crippen LogP contribution is 2.21. The van der Waals surface area contributed by atoms with Crippen LogP contribution in [0.15, 0.2) is 24.3 Å². The Kier molecular flexibility index (Phi) is 5.76. The number of hydrogen-bond donors (Lipinski definition) is 3. The van der Waals surface area contributed by atoms with E-state index < -0.39 is 12.1 Å². The number of rotatable bonds is 6. The number of aryl methyl sites for hydroxylation is 1. The normalized spacial score (nSPS) is 12.6. The molecule has 0 fully saturated rings. The lowest BCUT2D eigenvalue weighted by atomic mass is 9.97. The highest BCUT2D eigenvalue weighted by molar-refractivity contribution is 5.79. The Balaban J connectivity index is 2.87. The largest absolute Gasteiger partial charge is 0.352 e. The highest BCUT2D eigenvalue weighted by Gasteiger charge is 2.23. The summed E-state index contributed by atoms with van der Waals surface area (Å²) in [6.07, 6.45) is 0.994. The highest BCUT2D eigenvalue weighted by atomic mass is 16.2. The number of amides is 3. The zero-order valence-corrected chi connectivity index (χ0v) is 13.2. The first-order chi connectivity index (χ1) is 9.75. The Hall–Kier alpha value is -2.04. The minimum atomic E-state index is -0.634. The smallest absolute Gasteiger partial charge is 0.312 e. The molecular formula is C16H25N3O2. The molecule has 116 valence electrons. The van der Waals surface area contributed by atoms with Crippen molar-refractivity contribution in [1.82, 2.24) is 10.6 Å². The van der Waals surface area contributed by atoms with Crippen LogP contribution in [0.1, 0.15) is 50.8 Å². The zero-order chi connectivity index (χ0) is 16.0. The monoisotopic (exact) mass is 291 g/mol. The van der Waals surface area contributed by atoms with Gasteiger partial charge >= 0.3 is 6.03 Å². The van der Waals surface area contributed by atoms with Crippen molar-refractivity contribution in [2.45, 2.75) is 52.1 Å². The van der Waals surface area contributed by atoms with E-state index in [0.717, 1.165) is 17.5 Å². The van der Waals surface area contributed by atoms with E-state index in [0.29, 0.717) is 0 Å². The predicted molar refractivity (Wildman–Crippen MR) is 83.8 cm³/mol. The van der Waals surface area contributed by atoms with Crippen LogP contribution in [-0.2, 0) is 4.79 Å². The Bertz CT molecular complexity index is 512. The summed E-state index contributed by atoms with van der Waals surface area (Å²) in [5.41, 5.74) is 6.88. The first kappa shape index (κ1) is 17.0. The van der Waals surface area contributed by atoms with E-state index >= 15 is 0 Å². The lowest BCUT2D eigenvalue weighted by Crippen LogP contribution is -2.45. The molecule has 0 saturated carbocycles. The lowest BCUT2D eigenvalue weighted by Gasteiger charge is -2.26. The van der Waals surface area contributed by atoms with E-state index in [9.17, 15) is 9.59 Å². The minimum absolute atomic E-state index is 0.108. The van der Waals surface area contributed by atoms with Crippen LogP contribution in [0.3, 0.4) is 0 Å². The molecule has 0 saturated heterocycles. The molecule has 0 aromatic heterocycles. The molecule has 0 aliphatic heterocycles. The van der Waals surface area contributed by atoms with Gasteiger partial charge in [-0.05, 0) is 38.3 Å². The van der Waals surface area contributed by atoms with Gasteiger partial charge < -0.3 is 16.4 Å². The SMILES string of the molecule is CCC(C)(C)NC(=O)CC(NC(N)=O)c1ccccc1C. The van der Waals surface area contributed by atoms with Gasteiger partial charge in [0.25, 0.3) is 0 Å². The molecule has 1 atom stereocenters. The Labute approximate surface area is 126 Å². The topological polar surface area (TPSA) is 84.2 Å². The maximum atomic E-state index is 12.2. The minimum Gasteiger partial charge on any atom is -0.352 e. The molecule has 1 aromatic carbocycles. The standard InChI is InChI=1S/C16H25N3O2/c1-5-16(3,4)19-14(20)10-13(18-15(17)21)12-9-7-6-8-11(12)2/h6-9,13H,5,10H2,1-4H3,(H,19,20)(H3,17,18,21). The third-order valence-electron chi connectivity index (χ3n) is 3.63. The summed E-state index contributed by atoms with van der Waals surface area (Å²) in [6, 6.07) is 6.58. The molecule has 0 spiro atoms. The van der Waals surface area contributed by atoms with Gasteiger partial charge in [-0.2, -0.15) is 0 Å². The van der Waals surface area contributed by atoms with E-state index in [-0.39, 0.29) is 17.9 Å². The van der Waals surface area contributed by atoms with E-state index in [1.54, 1.807) is 0 Å². The summed E-state index contributed by atoms with van der Waals surface area (Å²) in [4.78, 5) is 23.4. The van der Waals surface area contributed by atoms with Crippen LogP contribution in [0.2, 0.25) is 0 Å². The zero-order valence-electron chi connectivity index (χ0n) is 13.2.